The van der Waals surface area contributed by atoms with Crippen molar-refractivity contribution in [3.8, 4) is 0 Å². The maximum atomic E-state index is 12.4. The van der Waals surface area contributed by atoms with E-state index in [1.165, 1.54) is 0 Å². The lowest BCUT2D eigenvalue weighted by Crippen LogP contribution is -2.47. The molecule has 1 unspecified atom stereocenters. The van der Waals surface area contributed by atoms with Crippen LogP contribution in [0.4, 0.5) is 0 Å². The van der Waals surface area contributed by atoms with E-state index < -0.39 is 0 Å². The lowest BCUT2D eigenvalue weighted by Gasteiger charge is -2.30. The molecule has 0 radical (unpaired) electrons. The number of nitrogens with zero attached hydrogens (tertiary/aromatic N) is 1. The molecule has 5 heteroatoms. The Hall–Kier alpha value is -1.10. The summed E-state index contributed by atoms with van der Waals surface area (Å²) in [6, 6.07) is 0. The molecule has 0 spiro atoms. The Bertz CT molecular complexity index is 285. The second kappa shape index (κ2) is 6.00. The average molecular weight is 241 g/mol. The van der Waals surface area contributed by atoms with Crippen LogP contribution in [0.25, 0.3) is 0 Å². The summed E-state index contributed by atoms with van der Waals surface area (Å²) in [6.45, 7) is 6.38. The lowest BCUT2D eigenvalue weighted by molar-refractivity contribution is -0.143. The van der Waals surface area contributed by atoms with E-state index in [1.807, 2.05) is 13.8 Å². The number of amides is 2. The van der Waals surface area contributed by atoms with Crippen molar-refractivity contribution in [2.75, 3.05) is 33.2 Å². The maximum absolute atomic E-state index is 12.4. The predicted octanol–water partition coefficient (Wildman–Crippen LogP) is -0.0294. The first-order valence-corrected chi connectivity index (χ1v) is 6.24. The minimum atomic E-state index is -0.344. The van der Waals surface area contributed by atoms with E-state index in [0.717, 1.165) is 19.4 Å². The van der Waals surface area contributed by atoms with Crippen molar-refractivity contribution < 1.29 is 9.59 Å². The van der Waals surface area contributed by atoms with Crippen LogP contribution in [0.2, 0.25) is 0 Å². The summed E-state index contributed by atoms with van der Waals surface area (Å²) in [4.78, 5) is 25.5. The Morgan fingerprint density at radius 3 is 2.65 bits per heavy atom. The Morgan fingerprint density at radius 1 is 1.47 bits per heavy atom. The molecular formula is C12H23N3O2. The fourth-order valence-corrected chi connectivity index (χ4v) is 2.16. The van der Waals surface area contributed by atoms with Crippen molar-refractivity contribution >= 4 is 11.8 Å². The molecule has 0 saturated carbocycles. The molecule has 5 nitrogen and oxygen atoms in total. The maximum Gasteiger partial charge on any atom is 0.239 e. The van der Waals surface area contributed by atoms with E-state index in [9.17, 15) is 9.59 Å². The average Bonchev–Trinajstić information content (AvgIpc) is 2.75. The first-order chi connectivity index (χ1) is 8.03. The highest BCUT2D eigenvalue weighted by Crippen LogP contribution is 2.27. The van der Waals surface area contributed by atoms with Crippen molar-refractivity contribution in [1.29, 1.82) is 0 Å². The zero-order chi connectivity index (χ0) is 12.9. The molecule has 0 aromatic heterocycles. The molecule has 98 valence electrons. The van der Waals surface area contributed by atoms with Crippen LogP contribution in [0.3, 0.4) is 0 Å². The van der Waals surface area contributed by atoms with Gasteiger partial charge in [0.05, 0.1) is 12.0 Å². The van der Waals surface area contributed by atoms with Crippen molar-refractivity contribution in [3.05, 3.63) is 0 Å². The van der Waals surface area contributed by atoms with E-state index in [0.29, 0.717) is 13.1 Å². The zero-order valence-corrected chi connectivity index (χ0v) is 11.0. The minimum absolute atomic E-state index is 0.0907. The molecule has 1 fully saturated rings. The second-order valence-electron chi connectivity index (χ2n) is 4.89. The predicted molar refractivity (Wildman–Crippen MR) is 66.5 cm³/mol. The molecule has 17 heavy (non-hydrogen) atoms. The number of nitrogens with one attached hydrogen (secondary N) is 2. The highest BCUT2D eigenvalue weighted by molar-refractivity contribution is 5.88. The Balaban J connectivity index is 2.68. The van der Waals surface area contributed by atoms with Crippen LogP contribution in [0.1, 0.15) is 26.7 Å². The van der Waals surface area contributed by atoms with Crippen molar-refractivity contribution in [2.24, 2.45) is 5.41 Å². The summed E-state index contributed by atoms with van der Waals surface area (Å²) in [7, 11) is 1.59. The molecule has 1 aliphatic rings. The summed E-state index contributed by atoms with van der Waals surface area (Å²) >= 11 is 0. The topological polar surface area (TPSA) is 61.4 Å². The summed E-state index contributed by atoms with van der Waals surface area (Å²) in [5.74, 6) is -0.0192. The highest BCUT2D eigenvalue weighted by atomic mass is 16.2. The fourth-order valence-electron chi connectivity index (χ4n) is 2.16. The van der Waals surface area contributed by atoms with E-state index in [4.69, 9.17) is 0 Å². The third-order valence-corrected chi connectivity index (χ3v) is 3.28. The van der Waals surface area contributed by atoms with E-state index in [2.05, 4.69) is 10.6 Å². The van der Waals surface area contributed by atoms with Crippen LogP contribution in [0.5, 0.6) is 0 Å². The zero-order valence-electron chi connectivity index (χ0n) is 11.0. The molecule has 1 saturated heterocycles. The standard InChI is InChI=1S/C12H23N3O2/c1-4-7-15(8-10(16)13-3)11(17)12(2)5-6-14-9-12/h14H,4-9H2,1-3H3,(H,13,16). The van der Waals surface area contributed by atoms with Gasteiger partial charge < -0.3 is 15.5 Å². The van der Waals surface area contributed by atoms with Gasteiger partial charge in [0.2, 0.25) is 11.8 Å². The minimum Gasteiger partial charge on any atom is -0.358 e. The van der Waals surface area contributed by atoms with Crippen molar-refractivity contribution in [3.63, 3.8) is 0 Å². The molecule has 0 aromatic rings. The first kappa shape index (κ1) is 14.0. The van der Waals surface area contributed by atoms with Gasteiger partial charge in [0.25, 0.3) is 0 Å². The van der Waals surface area contributed by atoms with Crippen LogP contribution in [-0.4, -0.2) is 49.9 Å². The Labute approximate surface area is 103 Å². The summed E-state index contributed by atoms with van der Waals surface area (Å²) in [5, 5.41) is 5.77. The normalized spacial score (nSPS) is 23.5. The first-order valence-electron chi connectivity index (χ1n) is 6.24. The van der Waals surface area contributed by atoms with Crippen LogP contribution >= 0.6 is 0 Å². The lowest BCUT2D eigenvalue weighted by atomic mass is 9.88. The summed E-state index contributed by atoms with van der Waals surface area (Å²) in [6.07, 6.45) is 1.71. The van der Waals surface area contributed by atoms with Gasteiger partial charge in [-0.05, 0) is 26.3 Å². The molecule has 1 heterocycles. The van der Waals surface area contributed by atoms with Gasteiger partial charge in [0.1, 0.15) is 0 Å². The van der Waals surface area contributed by atoms with Gasteiger partial charge in [-0.15, -0.1) is 0 Å². The molecule has 0 aliphatic carbocycles. The molecule has 1 aliphatic heterocycles. The van der Waals surface area contributed by atoms with Gasteiger partial charge in [-0.3, -0.25) is 9.59 Å². The number of likely N-dealkylation sites (N-methyl/N-ethyl adjacent to an activating group) is 1. The van der Waals surface area contributed by atoms with Crippen LogP contribution in [0.15, 0.2) is 0 Å². The third-order valence-electron chi connectivity index (χ3n) is 3.28. The SMILES string of the molecule is CCCN(CC(=O)NC)C(=O)C1(C)CCNC1. The molecule has 0 bridgehead atoms. The number of rotatable bonds is 5. The Kier molecular flexibility index (Phi) is 4.93. The molecule has 1 rings (SSSR count). The van der Waals surface area contributed by atoms with Crippen LogP contribution in [0, 0.1) is 5.41 Å². The molecule has 2 amide bonds. The number of hydrogen-bond acceptors (Lipinski definition) is 3. The summed E-state index contributed by atoms with van der Waals surface area (Å²) in [5.41, 5.74) is -0.344. The van der Waals surface area contributed by atoms with Crippen LogP contribution < -0.4 is 10.6 Å². The third kappa shape index (κ3) is 3.43. The van der Waals surface area contributed by atoms with Crippen LogP contribution in [-0.2, 0) is 9.59 Å². The molecule has 2 N–H and O–H groups in total. The molecule has 1 atom stereocenters. The van der Waals surface area contributed by atoms with Gasteiger partial charge in [-0.1, -0.05) is 6.92 Å². The van der Waals surface area contributed by atoms with E-state index in [-0.39, 0.29) is 23.8 Å². The van der Waals surface area contributed by atoms with Gasteiger partial charge in [-0.2, -0.15) is 0 Å². The van der Waals surface area contributed by atoms with Gasteiger partial charge >= 0.3 is 0 Å². The molecular weight excluding hydrogens is 218 g/mol. The monoisotopic (exact) mass is 241 g/mol. The highest BCUT2D eigenvalue weighted by Gasteiger charge is 2.39. The van der Waals surface area contributed by atoms with Gasteiger partial charge in [0.15, 0.2) is 0 Å². The number of carbonyl (C=O) groups excluding carboxylic acids is 2. The fraction of sp³-hybridized carbons (Fsp3) is 0.833. The van der Waals surface area contributed by atoms with E-state index >= 15 is 0 Å². The molecule has 0 aromatic carbocycles. The second-order valence-corrected chi connectivity index (χ2v) is 4.89. The quantitative estimate of drug-likeness (QED) is 0.710. The van der Waals surface area contributed by atoms with Gasteiger partial charge in [-0.25, -0.2) is 0 Å². The number of carbonyl (C=O) groups is 2. The summed E-state index contributed by atoms with van der Waals surface area (Å²) < 4.78 is 0. The van der Waals surface area contributed by atoms with E-state index in [1.54, 1.807) is 11.9 Å². The number of hydrogen-bond donors (Lipinski definition) is 2. The largest absolute Gasteiger partial charge is 0.358 e. The van der Waals surface area contributed by atoms with Gasteiger partial charge in [0, 0.05) is 20.1 Å². The smallest absolute Gasteiger partial charge is 0.239 e. The van der Waals surface area contributed by atoms with Crippen molar-refractivity contribution in [2.45, 2.75) is 26.7 Å². The Morgan fingerprint density at radius 2 is 2.18 bits per heavy atom. The van der Waals surface area contributed by atoms with Crippen molar-refractivity contribution in [1.82, 2.24) is 15.5 Å².